The van der Waals surface area contributed by atoms with Gasteiger partial charge in [-0.05, 0) is 19.9 Å². The van der Waals surface area contributed by atoms with Crippen LogP contribution in [0, 0.1) is 11.6 Å². The van der Waals surface area contributed by atoms with Gasteiger partial charge in [0.05, 0.1) is 6.61 Å². The molecule has 1 aliphatic rings. The second-order valence-electron chi connectivity index (χ2n) is 4.25. The van der Waals surface area contributed by atoms with E-state index >= 15 is 0 Å². The smallest absolute Gasteiger partial charge is 0.164 e. The molecule has 1 fully saturated rings. The summed E-state index contributed by atoms with van der Waals surface area (Å²) in [5.41, 5.74) is 0.284. The van der Waals surface area contributed by atoms with Crippen LogP contribution in [0.5, 0.6) is 0 Å². The first kappa shape index (κ1) is 14.4. The Hall–Kier alpha value is -0.710. The first-order valence-electron chi connectivity index (χ1n) is 5.41. The summed E-state index contributed by atoms with van der Waals surface area (Å²) in [6.07, 6.45) is -0.424. The van der Waals surface area contributed by atoms with Crippen LogP contribution in [0.1, 0.15) is 25.5 Å². The summed E-state index contributed by atoms with van der Waals surface area (Å²) < 4.78 is 32.2. The van der Waals surface area contributed by atoms with Gasteiger partial charge in [0.2, 0.25) is 0 Å². The zero-order chi connectivity index (χ0) is 11.7. The molecule has 0 aliphatic carbocycles. The molecule has 3 atom stereocenters. The van der Waals surface area contributed by atoms with Crippen LogP contribution < -0.4 is 5.32 Å². The van der Waals surface area contributed by atoms with Crippen molar-refractivity contribution in [2.45, 2.75) is 32.0 Å². The molecular formula is C12H16ClF2NO. The molecule has 1 heterocycles. The second kappa shape index (κ2) is 5.76. The Bertz CT molecular complexity index is 389. The second-order valence-corrected chi connectivity index (χ2v) is 4.25. The maximum absolute atomic E-state index is 13.6. The summed E-state index contributed by atoms with van der Waals surface area (Å²) in [6.45, 7) is 4.41. The summed E-state index contributed by atoms with van der Waals surface area (Å²) in [4.78, 5) is 0. The monoisotopic (exact) mass is 263 g/mol. The van der Waals surface area contributed by atoms with Gasteiger partial charge in [0.1, 0.15) is 6.10 Å². The van der Waals surface area contributed by atoms with Gasteiger partial charge in [-0.3, -0.25) is 0 Å². The van der Waals surface area contributed by atoms with Crippen LogP contribution in [0.4, 0.5) is 8.78 Å². The minimum atomic E-state index is -0.827. The Kier molecular flexibility index (Phi) is 4.86. The Morgan fingerprint density at radius 1 is 1.29 bits per heavy atom. The molecule has 0 unspecified atom stereocenters. The Balaban J connectivity index is 0.00000144. The van der Waals surface area contributed by atoms with Crippen LogP contribution in [0.25, 0.3) is 0 Å². The van der Waals surface area contributed by atoms with E-state index in [0.29, 0.717) is 6.61 Å². The van der Waals surface area contributed by atoms with Crippen LogP contribution in [-0.2, 0) is 4.74 Å². The van der Waals surface area contributed by atoms with Crippen molar-refractivity contribution in [3.05, 3.63) is 35.4 Å². The molecule has 0 amide bonds. The molecule has 0 saturated carbocycles. The molecule has 0 radical (unpaired) electrons. The van der Waals surface area contributed by atoms with Gasteiger partial charge in [0.25, 0.3) is 0 Å². The van der Waals surface area contributed by atoms with Crippen LogP contribution in [-0.4, -0.2) is 18.7 Å². The fourth-order valence-electron chi connectivity index (χ4n) is 2.08. The molecule has 0 spiro atoms. The fourth-order valence-corrected chi connectivity index (χ4v) is 2.08. The number of hydrogen-bond donors (Lipinski definition) is 1. The van der Waals surface area contributed by atoms with E-state index in [0.717, 1.165) is 6.07 Å². The van der Waals surface area contributed by atoms with Gasteiger partial charge >= 0.3 is 0 Å². The third kappa shape index (κ3) is 2.94. The third-order valence-corrected chi connectivity index (χ3v) is 2.82. The van der Waals surface area contributed by atoms with E-state index in [2.05, 4.69) is 5.32 Å². The molecule has 1 saturated heterocycles. The maximum atomic E-state index is 13.6. The van der Waals surface area contributed by atoms with Crippen LogP contribution >= 0.6 is 12.4 Å². The summed E-state index contributed by atoms with van der Waals surface area (Å²) in [5, 5.41) is 3.26. The molecular weight excluding hydrogens is 248 g/mol. The number of nitrogens with one attached hydrogen (secondary N) is 1. The van der Waals surface area contributed by atoms with Crippen molar-refractivity contribution in [3.63, 3.8) is 0 Å². The highest BCUT2D eigenvalue weighted by atomic mass is 35.5. The van der Waals surface area contributed by atoms with E-state index in [4.69, 9.17) is 4.74 Å². The van der Waals surface area contributed by atoms with Crippen molar-refractivity contribution in [1.82, 2.24) is 5.32 Å². The molecule has 1 aromatic rings. The molecule has 1 aromatic carbocycles. The molecule has 0 aromatic heterocycles. The van der Waals surface area contributed by atoms with Gasteiger partial charge < -0.3 is 10.1 Å². The largest absolute Gasteiger partial charge is 0.370 e. The van der Waals surface area contributed by atoms with Gasteiger partial charge in [0.15, 0.2) is 11.6 Å². The predicted octanol–water partition coefficient (Wildman–Crippen LogP) is 2.82. The number of benzene rings is 1. The quantitative estimate of drug-likeness (QED) is 0.841. The normalized spacial score (nSPS) is 28.6. The Labute approximate surface area is 106 Å². The summed E-state index contributed by atoms with van der Waals surface area (Å²) in [5.74, 6) is -1.64. The highest BCUT2D eigenvalue weighted by molar-refractivity contribution is 5.85. The molecule has 2 nitrogen and oxygen atoms in total. The minimum absolute atomic E-state index is 0. The van der Waals surface area contributed by atoms with E-state index in [1.807, 2.05) is 13.8 Å². The molecule has 2 rings (SSSR count). The topological polar surface area (TPSA) is 21.3 Å². The number of hydrogen-bond acceptors (Lipinski definition) is 2. The first-order chi connectivity index (χ1) is 7.59. The fraction of sp³-hybridized carbons (Fsp3) is 0.500. The van der Waals surface area contributed by atoms with Gasteiger partial charge in [-0.15, -0.1) is 12.4 Å². The number of ether oxygens (including phenoxy) is 1. The molecule has 1 aliphatic heterocycles. The molecule has 96 valence electrons. The third-order valence-electron chi connectivity index (χ3n) is 2.82. The van der Waals surface area contributed by atoms with Gasteiger partial charge in [-0.25, -0.2) is 8.78 Å². The number of rotatable bonds is 1. The average molecular weight is 264 g/mol. The molecule has 17 heavy (non-hydrogen) atoms. The first-order valence-corrected chi connectivity index (χ1v) is 5.41. The highest BCUT2D eigenvalue weighted by Crippen LogP contribution is 2.28. The predicted molar refractivity (Wildman–Crippen MR) is 64.4 cm³/mol. The lowest BCUT2D eigenvalue weighted by molar-refractivity contribution is -0.0228. The standard InChI is InChI=1S/C12H15F2NO.ClH/c1-7-6-16-12(8(2)15-7)9-4-3-5-10(13)11(9)14;/h3-5,7-8,12,15H,6H2,1-2H3;1H/t7-,8+,12-;/m0./s1. The number of morpholine rings is 1. The SMILES string of the molecule is C[C@H]1CO[C@H](c2cccc(F)c2F)[C@@H](C)N1.Cl. The van der Waals surface area contributed by atoms with Gasteiger partial charge in [-0.2, -0.15) is 0 Å². The lowest BCUT2D eigenvalue weighted by atomic mass is 10.00. The zero-order valence-corrected chi connectivity index (χ0v) is 10.6. The molecule has 1 N–H and O–H groups in total. The summed E-state index contributed by atoms with van der Waals surface area (Å²) in [6, 6.07) is 4.39. The van der Waals surface area contributed by atoms with E-state index in [-0.39, 0.29) is 30.1 Å². The minimum Gasteiger partial charge on any atom is -0.370 e. The van der Waals surface area contributed by atoms with Crippen LogP contribution in [0.3, 0.4) is 0 Å². The van der Waals surface area contributed by atoms with E-state index < -0.39 is 17.7 Å². The van der Waals surface area contributed by atoms with Gasteiger partial charge in [-0.1, -0.05) is 12.1 Å². The summed E-state index contributed by atoms with van der Waals surface area (Å²) in [7, 11) is 0. The van der Waals surface area contributed by atoms with Crippen molar-refractivity contribution in [2.24, 2.45) is 0 Å². The van der Waals surface area contributed by atoms with E-state index in [1.165, 1.54) is 6.07 Å². The Morgan fingerprint density at radius 2 is 2.00 bits per heavy atom. The molecule has 5 heteroatoms. The van der Waals surface area contributed by atoms with Crippen molar-refractivity contribution in [2.75, 3.05) is 6.61 Å². The maximum Gasteiger partial charge on any atom is 0.164 e. The zero-order valence-electron chi connectivity index (χ0n) is 9.74. The average Bonchev–Trinajstić information content (AvgIpc) is 2.23. The number of halogens is 3. The van der Waals surface area contributed by atoms with Crippen molar-refractivity contribution in [3.8, 4) is 0 Å². The van der Waals surface area contributed by atoms with Crippen molar-refractivity contribution < 1.29 is 13.5 Å². The Morgan fingerprint density at radius 3 is 2.65 bits per heavy atom. The van der Waals surface area contributed by atoms with Gasteiger partial charge in [0, 0.05) is 17.6 Å². The van der Waals surface area contributed by atoms with E-state index in [9.17, 15) is 8.78 Å². The van der Waals surface area contributed by atoms with E-state index in [1.54, 1.807) is 6.07 Å². The van der Waals surface area contributed by atoms with Crippen LogP contribution in [0.15, 0.2) is 18.2 Å². The lowest BCUT2D eigenvalue weighted by Gasteiger charge is -2.34. The van der Waals surface area contributed by atoms with Crippen molar-refractivity contribution >= 4 is 12.4 Å². The van der Waals surface area contributed by atoms with Crippen LogP contribution in [0.2, 0.25) is 0 Å². The van der Waals surface area contributed by atoms with Crippen molar-refractivity contribution in [1.29, 1.82) is 0 Å². The molecule has 0 bridgehead atoms. The highest BCUT2D eigenvalue weighted by Gasteiger charge is 2.29. The summed E-state index contributed by atoms with van der Waals surface area (Å²) >= 11 is 0. The lowest BCUT2D eigenvalue weighted by Crippen LogP contribution is -2.47.